The van der Waals surface area contributed by atoms with Crippen LogP contribution in [0.4, 0.5) is 5.69 Å². The summed E-state index contributed by atoms with van der Waals surface area (Å²) in [5.41, 5.74) is 4.41. The Morgan fingerprint density at radius 2 is 1.85 bits per heavy atom. The molecule has 0 unspecified atom stereocenters. The first-order chi connectivity index (χ1) is 12.9. The molecule has 0 fully saturated rings. The van der Waals surface area contributed by atoms with Crippen LogP contribution in [-0.2, 0) is 6.54 Å². The van der Waals surface area contributed by atoms with Crippen molar-refractivity contribution in [3.8, 4) is 0 Å². The Kier molecular flexibility index (Phi) is 5.31. The van der Waals surface area contributed by atoms with E-state index >= 15 is 0 Å². The average molecular weight is 364 g/mol. The molecule has 0 aliphatic carbocycles. The highest BCUT2D eigenvalue weighted by Gasteiger charge is 2.13. The number of anilines is 1. The molecule has 5 heteroatoms. The fraction of sp³-hybridized carbons (Fsp3) is 0.273. The second-order valence-electron chi connectivity index (χ2n) is 7.00. The van der Waals surface area contributed by atoms with E-state index in [0.29, 0.717) is 17.7 Å². The highest BCUT2D eigenvalue weighted by atomic mass is 16.4. The van der Waals surface area contributed by atoms with Gasteiger partial charge in [0.05, 0.1) is 5.56 Å². The standard InChI is InChI=1S/C22H24N2O3/c1-13(2)24-22(26)18-7-5-6-8-19(18)23-12-16-11-20(25)27-21-15(4)14(3)9-10-17(16)21/h5-11,13,23H,12H2,1-4H3,(H,24,26). The van der Waals surface area contributed by atoms with Crippen LogP contribution in [0, 0.1) is 13.8 Å². The lowest BCUT2D eigenvalue weighted by Crippen LogP contribution is -2.30. The number of fused-ring (bicyclic) bond motifs is 1. The number of hydrogen-bond acceptors (Lipinski definition) is 4. The predicted molar refractivity (Wildman–Crippen MR) is 108 cm³/mol. The molecule has 1 heterocycles. The second kappa shape index (κ2) is 7.66. The fourth-order valence-electron chi connectivity index (χ4n) is 3.04. The fourth-order valence-corrected chi connectivity index (χ4v) is 3.04. The third-order valence-electron chi connectivity index (χ3n) is 4.58. The maximum Gasteiger partial charge on any atom is 0.336 e. The van der Waals surface area contributed by atoms with Gasteiger partial charge in [-0.1, -0.05) is 24.3 Å². The molecule has 5 nitrogen and oxygen atoms in total. The van der Waals surface area contributed by atoms with Crippen LogP contribution in [0.15, 0.2) is 51.7 Å². The minimum Gasteiger partial charge on any atom is -0.422 e. The number of nitrogens with one attached hydrogen (secondary N) is 2. The Morgan fingerprint density at radius 3 is 2.59 bits per heavy atom. The van der Waals surface area contributed by atoms with Crippen LogP contribution in [0.3, 0.4) is 0 Å². The zero-order valence-corrected chi connectivity index (χ0v) is 16.1. The monoisotopic (exact) mass is 364 g/mol. The minimum absolute atomic E-state index is 0.0551. The van der Waals surface area contributed by atoms with Crippen molar-refractivity contribution in [3.05, 3.63) is 75.1 Å². The molecule has 0 bridgehead atoms. The SMILES string of the molecule is Cc1ccc2c(CNc3ccccc3C(=O)NC(C)C)cc(=O)oc2c1C. The molecule has 1 aromatic heterocycles. The Bertz CT molecular complexity index is 1050. The van der Waals surface area contributed by atoms with Crippen molar-refractivity contribution in [2.45, 2.75) is 40.3 Å². The normalized spacial score (nSPS) is 11.0. The zero-order valence-electron chi connectivity index (χ0n) is 16.1. The van der Waals surface area contributed by atoms with E-state index in [-0.39, 0.29) is 17.6 Å². The van der Waals surface area contributed by atoms with E-state index in [1.807, 2.05) is 58.0 Å². The van der Waals surface area contributed by atoms with E-state index in [4.69, 9.17) is 4.42 Å². The molecule has 0 atom stereocenters. The highest BCUT2D eigenvalue weighted by Crippen LogP contribution is 2.24. The van der Waals surface area contributed by atoms with Crippen LogP contribution in [-0.4, -0.2) is 11.9 Å². The van der Waals surface area contributed by atoms with E-state index in [1.54, 1.807) is 6.07 Å². The van der Waals surface area contributed by atoms with Gasteiger partial charge in [-0.15, -0.1) is 0 Å². The van der Waals surface area contributed by atoms with Gasteiger partial charge in [0.1, 0.15) is 5.58 Å². The molecule has 0 spiro atoms. The molecule has 0 saturated heterocycles. The van der Waals surface area contributed by atoms with Crippen LogP contribution in [0.2, 0.25) is 0 Å². The van der Waals surface area contributed by atoms with E-state index in [0.717, 1.165) is 27.8 Å². The van der Waals surface area contributed by atoms with Gasteiger partial charge in [0.25, 0.3) is 5.91 Å². The molecular formula is C22H24N2O3. The second-order valence-corrected chi connectivity index (χ2v) is 7.00. The summed E-state index contributed by atoms with van der Waals surface area (Å²) >= 11 is 0. The summed E-state index contributed by atoms with van der Waals surface area (Å²) in [6.45, 7) is 8.20. The third kappa shape index (κ3) is 4.03. The number of rotatable bonds is 5. The zero-order chi connectivity index (χ0) is 19.6. The minimum atomic E-state index is -0.376. The van der Waals surface area contributed by atoms with Crippen molar-refractivity contribution in [2.24, 2.45) is 0 Å². The maximum absolute atomic E-state index is 12.4. The van der Waals surface area contributed by atoms with Gasteiger partial charge in [0.15, 0.2) is 0 Å². The van der Waals surface area contributed by atoms with Crippen LogP contribution in [0.1, 0.15) is 40.9 Å². The first-order valence-electron chi connectivity index (χ1n) is 9.03. The van der Waals surface area contributed by atoms with Crippen molar-refractivity contribution in [1.29, 1.82) is 0 Å². The van der Waals surface area contributed by atoms with Crippen LogP contribution < -0.4 is 16.3 Å². The molecule has 0 radical (unpaired) electrons. The lowest BCUT2D eigenvalue weighted by atomic mass is 10.0. The summed E-state index contributed by atoms with van der Waals surface area (Å²) in [7, 11) is 0. The third-order valence-corrected chi connectivity index (χ3v) is 4.58. The number of amides is 1. The summed E-state index contributed by atoms with van der Waals surface area (Å²) in [6, 6.07) is 12.9. The lowest BCUT2D eigenvalue weighted by Gasteiger charge is -2.15. The van der Waals surface area contributed by atoms with E-state index in [9.17, 15) is 9.59 Å². The van der Waals surface area contributed by atoms with Gasteiger partial charge in [0.2, 0.25) is 0 Å². The molecule has 3 rings (SSSR count). The smallest absolute Gasteiger partial charge is 0.336 e. The Hall–Kier alpha value is -3.08. The highest BCUT2D eigenvalue weighted by molar-refractivity contribution is 5.99. The summed E-state index contributed by atoms with van der Waals surface area (Å²) in [4.78, 5) is 24.4. The first-order valence-corrected chi connectivity index (χ1v) is 9.03. The summed E-state index contributed by atoms with van der Waals surface area (Å²) in [5.74, 6) is -0.128. The summed E-state index contributed by atoms with van der Waals surface area (Å²) < 4.78 is 5.42. The molecule has 140 valence electrons. The largest absolute Gasteiger partial charge is 0.422 e. The number of carbonyl (C=O) groups excluding carboxylic acids is 1. The van der Waals surface area contributed by atoms with Crippen LogP contribution in [0.25, 0.3) is 11.0 Å². The van der Waals surface area contributed by atoms with Crippen LogP contribution >= 0.6 is 0 Å². The van der Waals surface area contributed by atoms with E-state index < -0.39 is 0 Å². The first kappa shape index (κ1) is 18.7. The van der Waals surface area contributed by atoms with E-state index in [2.05, 4.69) is 10.6 Å². The van der Waals surface area contributed by atoms with Gasteiger partial charge in [-0.25, -0.2) is 4.79 Å². The van der Waals surface area contributed by atoms with Crippen molar-refractivity contribution < 1.29 is 9.21 Å². The van der Waals surface area contributed by atoms with E-state index in [1.165, 1.54) is 6.07 Å². The molecule has 3 aromatic rings. The topological polar surface area (TPSA) is 71.3 Å². The van der Waals surface area contributed by atoms with Gasteiger partial charge >= 0.3 is 5.63 Å². The molecule has 0 aliphatic rings. The molecule has 2 aromatic carbocycles. The molecule has 2 N–H and O–H groups in total. The summed E-state index contributed by atoms with van der Waals surface area (Å²) in [5, 5.41) is 7.10. The number of para-hydroxylation sites is 1. The predicted octanol–water partition coefficient (Wildman–Crippen LogP) is 4.16. The molecule has 27 heavy (non-hydrogen) atoms. The number of benzene rings is 2. The molecule has 0 aliphatic heterocycles. The van der Waals surface area contributed by atoms with Crippen LogP contribution in [0.5, 0.6) is 0 Å². The van der Waals surface area contributed by atoms with Crippen molar-refractivity contribution in [1.82, 2.24) is 5.32 Å². The average Bonchev–Trinajstić information content (AvgIpc) is 2.62. The van der Waals surface area contributed by atoms with Crippen molar-refractivity contribution in [2.75, 3.05) is 5.32 Å². The van der Waals surface area contributed by atoms with Gasteiger partial charge in [0, 0.05) is 29.7 Å². The molecule has 1 amide bonds. The number of aryl methyl sites for hydroxylation is 2. The number of hydrogen-bond donors (Lipinski definition) is 2. The molecular weight excluding hydrogens is 340 g/mol. The molecule has 0 saturated carbocycles. The van der Waals surface area contributed by atoms with Gasteiger partial charge in [-0.05, 0) is 56.5 Å². The quantitative estimate of drug-likeness (QED) is 0.667. The summed E-state index contributed by atoms with van der Waals surface area (Å²) in [6.07, 6.45) is 0. The Morgan fingerprint density at radius 1 is 1.11 bits per heavy atom. The van der Waals surface area contributed by atoms with Gasteiger partial charge < -0.3 is 15.1 Å². The van der Waals surface area contributed by atoms with Crippen molar-refractivity contribution in [3.63, 3.8) is 0 Å². The van der Waals surface area contributed by atoms with Gasteiger partial charge in [-0.3, -0.25) is 4.79 Å². The Labute approximate surface area is 158 Å². The van der Waals surface area contributed by atoms with Crippen molar-refractivity contribution >= 4 is 22.6 Å². The Balaban J connectivity index is 1.94. The van der Waals surface area contributed by atoms with Gasteiger partial charge in [-0.2, -0.15) is 0 Å². The lowest BCUT2D eigenvalue weighted by molar-refractivity contribution is 0.0944. The number of carbonyl (C=O) groups is 1. The maximum atomic E-state index is 12.4.